The number of amidine groups is 1. The summed E-state index contributed by atoms with van der Waals surface area (Å²) in [6.07, 6.45) is 0.806. The van der Waals surface area contributed by atoms with Crippen molar-refractivity contribution in [3.8, 4) is 5.75 Å². The fourth-order valence-corrected chi connectivity index (χ4v) is 4.24. The number of nitrogens with zero attached hydrogens (tertiary/aromatic N) is 2. The first-order chi connectivity index (χ1) is 11.5. The van der Waals surface area contributed by atoms with Crippen LogP contribution in [0.2, 0.25) is 0 Å². The summed E-state index contributed by atoms with van der Waals surface area (Å²) in [5.41, 5.74) is 1.27. The first-order valence-corrected chi connectivity index (χ1v) is 10.2. The number of thioether (sulfide) groups is 2. The highest BCUT2D eigenvalue weighted by Gasteiger charge is 2.34. The van der Waals surface area contributed by atoms with Gasteiger partial charge in [-0.05, 0) is 29.2 Å². The van der Waals surface area contributed by atoms with Crippen LogP contribution in [0.4, 0.5) is 4.79 Å². The minimum Gasteiger partial charge on any atom is -0.496 e. The third-order valence-electron chi connectivity index (χ3n) is 3.72. The van der Waals surface area contributed by atoms with Crippen LogP contribution in [0.15, 0.2) is 29.3 Å². The summed E-state index contributed by atoms with van der Waals surface area (Å²) in [6, 6.07) is 8.01. The van der Waals surface area contributed by atoms with E-state index < -0.39 is 0 Å². The van der Waals surface area contributed by atoms with Crippen LogP contribution in [0.25, 0.3) is 0 Å². The summed E-state index contributed by atoms with van der Waals surface area (Å²) in [4.78, 5) is 19.0. The van der Waals surface area contributed by atoms with Crippen molar-refractivity contribution < 1.29 is 9.53 Å². The lowest BCUT2D eigenvalue weighted by atomic mass is 9.96. The maximum atomic E-state index is 12.4. The molecule has 0 aromatic heterocycles. The van der Waals surface area contributed by atoms with Crippen LogP contribution in [0.1, 0.15) is 26.3 Å². The zero-order valence-corrected chi connectivity index (χ0v) is 16.5. The summed E-state index contributed by atoms with van der Waals surface area (Å²) in [7, 11) is 1.69. The Balaban J connectivity index is 2.06. The van der Waals surface area contributed by atoms with Gasteiger partial charge in [-0.1, -0.05) is 62.5 Å². The lowest BCUT2D eigenvalue weighted by Gasteiger charge is -2.37. The maximum absolute atomic E-state index is 12.4. The van der Waals surface area contributed by atoms with Gasteiger partial charge in [-0.25, -0.2) is 0 Å². The quantitative estimate of drug-likeness (QED) is 0.767. The Morgan fingerprint density at radius 3 is 2.88 bits per heavy atom. The Morgan fingerprint density at radius 2 is 2.17 bits per heavy atom. The minimum absolute atomic E-state index is 0.105. The van der Waals surface area contributed by atoms with Crippen molar-refractivity contribution >= 4 is 33.9 Å². The molecule has 4 nitrogen and oxygen atoms in total. The molecular formula is C18H26N2O2S2. The second kappa shape index (κ2) is 8.81. The summed E-state index contributed by atoms with van der Waals surface area (Å²) in [5.74, 6) is 2.67. The van der Waals surface area contributed by atoms with E-state index in [1.807, 2.05) is 30.0 Å². The molecule has 1 aromatic rings. The van der Waals surface area contributed by atoms with Crippen molar-refractivity contribution in [2.24, 2.45) is 10.4 Å². The number of amides is 1. The number of hydrogen-bond donors (Lipinski definition) is 0. The first kappa shape index (κ1) is 19.2. The number of carbonyl (C=O) groups is 1. The Morgan fingerprint density at radius 1 is 1.42 bits per heavy atom. The molecule has 0 atom stereocenters. The molecule has 0 saturated carbocycles. The largest absolute Gasteiger partial charge is 0.496 e. The monoisotopic (exact) mass is 366 g/mol. The van der Waals surface area contributed by atoms with Crippen LogP contribution >= 0.6 is 23.5 Å². The average Bonchev–Trinajstić information content (AvgIpc) is 2.56. The normalized spacial score (nSPS) is 18.7. The zero-order valence-electron chi connectivity index (χ0n) is 14.9. The van der Waals surface area contributed by atoms with Gasteiger partial charge in [-0.2, -0.15) is 0 Å². The minimum atomic E-state index is 0.105. The highest BCUT2D eigenvalue weighted by molar-refractivity contribution is 8.15. The molecule has 1 aliphatic heterocycles. The van der Waals surface area contributed by atoms with Crippen molar-refractivity contribution in [1.82, 2.24) is 4.90 Å². The van der Waals surface area contributed by atoms with Crippen LogP contribution in [0.3, 0.4) is 0 Å². The van der Waals surface area contributed by atoms with Crippen molar-refractivity contribution in [3.63, 3.8) is 0 Å². The Labute approximate surface area is 153 Å². The predicted molar refractivity (Wildman–Crippen MR) is 105 cm³/mol. The topological polar surface area (TPSA) is 41.9 Å². The van der Waals surface area contributed by atoms with Crippen LogP contribution in [0.5, 0.6) is 5.75 Å². The van der Waals surface area contributed by atoms with E-state index in [1.54, 1.807) is 18.9 Å². The molecule has 1 aromatic carbocycles. The highest BCUT2D eigenvalue weighted by atomic mass is 32.2. The fraction of sp³-hybridized carbons (Fsp3) is 0.556. The number of benzene rings is 1. The van der Waals surface area contributed by atoms with Crippen molar-refractivity contribution in [2.75, 3.05) is 31.7 Å². The van der Waals surface area contributed by atoms with Crippen LogP contribution < -0.4 is 4.74 Å². The molecule has 1 saturated heterocycles. The van der Waals surface area contributed by atoms with Gasteiger partial charge in [0, 0.05) is 18.8 Å². The van der Waals surface area contributed by atoms with E-state index in [2.05, 4.69) is 19.9 Å². The highest BCUT2D eigenvalue weighted by Crippen LogP contribution is 2.33. The van der Waals surface area contributed by atoms with E-state index in [9.17, 15) is 4.79 Å². The molecule has 1 fully saturated rings. The predicted octanol–water partition coefficient (Wildman–Crippen LogP) is 4.54. The molecule has 0 unspecified atom stereocenters. The van der Waals surface area contributed by atoms with Crippen LogP contribution in [-0.2, 0) is 6.42 Å². The maximum Gasteiger partial charge on any atom is 0.287 e. The standard InChI is InChI=1S/C18H26N2O2S2/c1-5-23-17(21)20-12-18(2,3)13-24-16(20)19-11-10-14-8-6-7-9-15(14)22-4/h6-9H,5,10-13H2,1-4H3. The second-order valence-electron chi connectivity index (χ2n) is 6.46. The molecule has 0 N–H and O–H groups in total. The van der Waals surface area contributed by atoms with E-state index in [0.29, 0.717) is 6.54 Å². The van der Waals surface area contributed by atoms with E-state index in [0.717, 1.165) is 41.0 Å². The smallest absolute Gasteiger partial charge is 0.287 e. The molecule has 6 heteroatoms. The van der Waals surface area contributed by atoms with E-state index in [-0.39, 0.29) is 10.7 Å². The molecule has 0 bridgehead atoms. The average molecular weight is 367 g/mol. The first-order valence-electron chi connectivity index (χ1n) is 8.20. The van der Waals surface area contributed by atoms with Crippen LogP contribution in [0, 0.1) is 5.41 Å². The number of carbonyl (C=O) groups excluding carboxylic acids is 1. The van der Waals surface area contributed by atoms with Gasteiger partial charge in [0.05, 0.1) is 7.11 Å². The summed E-state index contributed by atoms with van der Waals surface area (Å²) >= 11 is 3.04. The summed E-state index contributed by atoms with van der Waals surface area (Å²) in [5, 5.41) is 0.962. The van der Waals surface area contributed by atoms with Gasteiger partial charge in [0.1, 0.15) is 5.75 Å². The third-order valence-corrected chi connectivity index (χ3v) is 6.01. The number of rotatable bonds is 5. The SMILES string of the molecule is CCSC(=O)N1CC(C)(C)CSC1=NCCc1ccccc1OC. The van der Waals surface area contributed by atoms with Gasteiger partial charge in [0.25, 0.3) is 5.24 Å². The fourth-order valence-electron chi connectivity index (χ4n) is 2.54. The number of aliphatic imine (C=N–C) groups is 1. The third kappa shape index (κ3) is 5.18. The molecule has 0 aliphatic carbocycles. The van der Waals surface area contributed by atoms with E-state index in [4.69, 9.17) is 9.73 Å². The van der Waals surface area contributed by atoms with Gasteiger partial charge in [0.2, 0.25) is 0 Å². The van der Waals surface area contributed by atoms with Gasteiger partial charge >= 0.3 is 0 Å². The molecular weight excluding hydrogens is 340 g/mol. The molecule has 24 heavy (non-hydrogen) atoms. The second-order valence-corrected chi connectivity index (χ2v) is 8.62. The van der Waals surface area contributed by atoms with Gasteiger partial charge in [-0.3, -0.25) is 14.7 Å². The molecule has 1 heterocycles. The Hall–Kier alpha value is -1.14. The molecule has 0 radical (unpaired) electrons. The van der Waals surface area contributed by atoms with E-state index >= 15 is 0 Å². The molecule has 132 valence electrons. The Kier molecular flexibility index (Phi) is 7.04. The summed E-state index contributed by atoms with van der Waals surface area (Å²) < 4.78 is 5.38. The van der Waals surface area contributed by atoms with Crippen molar-refractivity contribution in [3.05, 3.63) is 29.8 Å². The van der Waals surface area contributed by atoms with Gasteiger partial charge in [-0.15, -0.1) is 0 Å². The molecule has 2 rings (SSSR count). The lowest BCUT2D eigenvalue weighted by Crippen LogP contribution is -2.45. The zero-order chi connectivity index (χ0) is 17.6. The van der Waals surface area contributed by atoms with E-state index in [1.165, 1.54) is 11.8 Å². The number of hydrogen-bond acceptors (Lipinski definition) is 5. The van der Waals surface area contributed by atoms with Gasteiger partial charge < -0.3 is 4.74 Å². The van der Waals surface area contributed by atoms with Gasteiger partial charge in [0.15, 0.2) is 5.17 Å². The van der Waals surface area contributed by atoms with Crippen molar-refractivity contribution in [2.45, 2.75) is 27.2 Å². The lowest BCUT2D eigenvalue weighted by molar-refractivity contribution is 0.229. The number of para-hydroxylation sites is 1. The number of methoxy groups -OCH3 is 1. The Bertz CT molecular complexity index is 602. The molecule has 1 aliphatic rings. The number of ether oxygens (including phenoxy) is 1. The van der Waals surface area contributed by atoms with Crippen LogP contribution in [-0.4, -0.2) is 47.0 Å². The van der Waals surface area contributed by atoms with Crippen molar-refractivity contribution in [1.29, 1.82) is 0 Å². The molecule has 0 spiro atoms. The summed E-state index contributed by atoms with van der Waals surface area (Å²) in [6.45, 7) is 7.79. The molecule has 1 amide bonds.